The van der Waals surface area contributed by atoms with Gasteiger partial charge >= 0.3 is 0 Å². The molecule has 1 N–H and O–H groups in total. The zero-order valence-electron chi connectivity index (χ0n) is 9.95. The largest absolute Gasteiger partial charge is 0.306 e. The molecule has 0 aliphatic carbocycles. The molecule has 0 aliphatic rings. The van der Waals surface area contributed by atoms with Gasteiger partial charge in [0.25, 0.3) is 0 Å². The maximum Gasteiger partial charge on any atom is 0.159 e. The third-order valence-electron chi connectivity index (χ3n) is 2.05. The van der Waals surface area contributed by atoms with E-state index in [9.17, 15) is 0 Å². The first-order chi connectivity index (χ1) is 7.96. The van der Waals surface area contributed by atoms with Crippen LogP contribution in [0.2, 0.25) is 0 Å². The van der Waals surface area contributed by atoms with Gasteiger partial charge in [-0.25, -0.2) is 0 Å². The molecular formula is C11H14BrN3S2. The summed E-state index contributed by atoms with van der Waals surface area (Å²) in [6.45, 7) is 7.20. The highest BCUT2D eigenvalue weighted by Gasteiger charge is 2.13. The molecule has 92 valence electrons. The van der Waals surface area contributed by atoms with Crippen molar-refractivity contribution < 1.29 is 0 Å². The summed E-state index contributed by atoms with van der Waals surface area (Å²) < 4.78 is 1.09. The summed E-state index contributed by atoms with van der Waals surface area (Å²) in [5, 5.41) is 15.9. The molecule has 0 fully saturated rings. The molecule has 0 unspecified atom stereocenters. The molecular weight excluding hydrogens is 318 g/mol. The molecule has 0 bridgehead atoms. The number of nitrogens with one attached hydrogen (secondary N) is 1. The Bertz CT molecular complexity index is 499. The van der Waals surface area contributed by atoms with Crippen LogP contribution >= 0.6 is 38.6 Å². The van der Waals surface area contributed by atoms with Gasteiger partial charge in [0.1, 0.15) is 5.01 Å². The van der Waals surface area contributed by atoms with Gasteiger partial charge in [0.05, 0.1) is 11.4 Å². The first kappa shape index (κ1) is 13.1. The van der Waals surface area contributed by atoms with Gasteiger partial charge in [-0.05, 0) is 48.1 Å². The van der Waals surface area contributed by atoms with E-state index < -0.39 is 0 Å². The average molecular weight is 332 g/mol. The molecule has 6 heteroatoms. The number of rotatable bonds is 3. The second-order valence-corrected chi connectivity index (χ2v) is 7.53. The van der Waals surface area contributed by atoms with E-state index >= 15 is 0 Å². The minimum atomic E-state index is 0.106. The van der Waals surface area contributed by atoms with E-state index in [-0.39, 0.29) is 5.54 Å². The van der Waals surface area contributed by atoms with E-state index in [1.165, 1.54) is 0 Å². The van der Waals surface area contributed by atoms with Crippen LogP contribution in [-0.2, 0) is 6.54 Å². The first-order valence-electron chi connectivity index (χ1n) is 5.26. The smallest absolute Gasteiger partial charge is 0.159 e. The van der Waals surface area contributed by atoms with Crippen LogP contribution in [0.25, 0.3) is 9.88 Å². The van der Waals surface area contributed by atoms with Crippen LogP contribution in [0.4, 0.5) is 0 Å². The molecule has 0 aromatic carbocycles. The lowest BCUT2D eigenvalue weighted by Crippen LogP contribution is -2.35. The normalized spacial score (nSPS) is 12.0. The van der Waals surface area contributed by atoms with Crippen LogP contribution in [-0.4, -0.2) is 15.7 Å². The van der Waals surface area contributed by atoms with E-state index in [1.54, 1.807) is 22.7 Å². The molecule has 3 nitrogen and oxygen atoms in total. The van der Waals surface area contributed by atoms with Gasteiger partial charge in [-0.2, -0.15) is 0 Å². The fourth-order valence-corrected chi connectivity index (χ4v) is 3.78. The van der Waals surface area contributed by atoms with E-state index in [0.717, 1.165) is 25.9 Å². The van der Waals surface area contributed by atoms with Crippen LogP contribution < -0.4 is 5.32 Å². The second kappa shape index (κ2) is 5.14. The summed E-state index contributed by atoms with van der Waals surface area (Å²) in [4.78, 5) is 1.16. The summed E-state index contributed by atoms with van der Waals surface area (Å²) in [6.07, 6.45) is 0. The highest BCUT2D eigenvalue weighted by Crippen LogP contribution is 2.35. The van der Waals surface area contributed by atoms with Gasteiger partial charge in [0, 0.05) is 10.0 Å². The van der Waals surface area contributed by atoms with Crippen molar-refractivity contribution in [3.63, 3.8) is 0 Å². The van der Waals surface area contributed by atoms with E-state index in [0.29, 0.717) is 0 Å². The van der Waals surface area contributed by atoms with Crippen molar-refractivity contribution in [2.24, 2.45) is 0 Å². The Morgan fingerprint density at radius 2 is 2.12 bits per heavy atom. The monoisotopic (exact) mass is 331 g/mol. The van der Waals surface area contributed by atoms with Crippen molar-refractivity contribution >= 4 is 38.6 Å². The van der Waals surface area contributed by atoms with Gasteiger partial charge in [0.15, 0.2) is 5.01 Å². The first-order valence-corrected chi connectivity index (χ1v) is 7.75. The summed E-state index contributed by atoms with van der Waals surface area (Å²) in [6, 6.07) is 2.04. The minimum Gasteiger partial charge on any atom is -0.306 e. The van der Waals surface area contributed by atoms with E-state index in [4.69, 9.17) is 0 Å². The Morgan fingerprint density at radius 1 is 1.35 bits per heavy atom. The second-order valence-electron chi connectivity index (χ2n) is 4.70. The molecule has 17 heavy (non-hydrogen) atoms. The third-order valence-corrected chi connectivity index (χ3v) is 4.96. The molecule has 0 amide bonds. The molecule has 0 spiro atoms. The lowest BCUT2D eigenvalue weighted by molar-refractivity contribution is 0.423. The molecule has 2 rings (SSSR count). The maximum atomic E-state index is 4.23. The number of hydrogen-bond donors (Lipinski definition) is 1. The van der Waals surface area contributed by atoms with Gasteiger partial charge in [-0.1, -0.05) is 11.3 Å². The average Bonchev–Trinajstić information content (AvgIpc) is 2.81. The number of halogens is 1. The zero-order valence-corrected chi connectivity index (χ0v) is 13.2. The van der Waals surface area contributed by atoms with Crippen molar-refractivity contribution in [2.75, 3.05) is 0 Å². The van der Waals surface area contributed by atoms with Crippen molar-refractivity contribution in [3.05, 3.63) is 20.9 Å². The number of hydrogen-bond acceptors (Lipinski definition) is 5. The predicted molar refractivity (Wildman–Crippen MR) is 77.5 cm³/mol. The zero-order chi connectivity index (χ0) is 12.5. The Kier molecular flexibility index (Phi) is 3.97. The van der Waals surface area contributed by atoms with Crippen molar-refractivity contribution in [3.8, 4) is 9.88 Å². The summed E-state index contributed by atoms with van der Waals surface area (Å²) in [5.41, 5.74) is 0.106. The molecule has 2 aromatic heterocycles. The SMILES string of the molecule is CC(C)(C)NCc1nnc(-c2sccc2Br)s1. The summed E-state index contributed by atoms with van der Waals surface area (Å²) in [5.74, 6) is 0. The molecule has 0 radical (unpaired) electrons. The summed E-state index contributed by atoms with van der Waals surface area (Å²) in [7, 11) is 0. The van der Waals surface area contributed by atoms with Gasteiger partial charge in [-0.3, -0.25) is 0 Å². The highest BCUT2D eigenvalue weighted by molar-refractivity contribution is 9.10. The summed E-state index contributed by atoms with van der Waals surface area (Å²) >= 11 is 6.84. The topological polar surface area (TPSA) is 37.8 Å². The van der Waals surface area contributed by atoms with Crippen molar-refractivity contribution in [1.82, 2.24) is 15.5 Å². The molecule has 0 atom stereocenters. The third kappa shape index (κ3) is 3.58. The predicted octanol–water partition coefficient (Wildman–Crippen LogP) is 3.92. The molecule has 0 aliphatic heterocycles. The Labute approximate surface area is 117 Å². The fraction of sp³-hybridized carbons (Fsp3) is 0.455. The molecule has 0 saturated heterocycles. The molecule has 2 heterocycles. The van der Waals surface area contributed by atoms with Gasteiger partial charge < -0.3 is 5.32 Å². The van der Waals surface area contributed by atoms with Crippen LogP contribution in [0.3, 0.4) is 0 Å². The quantitative estimate of drug-likeness (QED) is 0.926. The van der Waals surface area contributed by atoms with Crippen molar-refractivity contribution in [2.45, 2.75) is 32.9 Å². The number of nitrogens with zero attached hydrogens (tertiary/aromatic N) is 2. The Morgan fingerprint density at radius 3 is 2.71 bits per heavy atom. The number of thiophene rings is 1. The highest BCUT2D eigenvalue weighted by atomic mass is 79.9. The Balaban J connectivity index is 2.09. The molecule has 2 aromatic rings. The van der Waals surface area contributed by atoms with Crippen LogP contribution in [0.1, 0.15) is 25.8 Å². The van der Waals surface area contributed by atoms with Crippen molar-refractivity contribution in [1.29, 1.82) is 0 Å². The van der Waals surface area contributed by atoms with Crippen LogP contribution in [0.5, 0.6) is 0 Å². The lowest BCUT2D eigenvalue weighted by Gasteiger charge is -2.19. The number of aromatic nitrogens is 2. The van der Waals surface area contributed by atoms with Gasteiger partial charge in [0.2, 0.25) is 0 Å². The lowest BCUT2D eigenvalue weighted by atomic mass is 10.1. The Hall–Kier alpha value is -0.300. The van der Waals surface area contributed by atoms with Crippen LogP contribution in [0.15, 0.2) is 15.9 Å². The fourth-order valence-electron chi connectivity index (χ4n) is 1.20. The van der Waals surface area contributed by atoms with Crippen LogP contribution in [0, 0.1) is 0 Å². The minimum absolute atomic E-state index is 0.106. The maximum absolute atomic E-state index is 4.23. The standard InChI is InChI=1S/C11H14BrN3S2/c1-11(2,3)13-6-8-14-15-10(17-8)9-7(12)4-5-16-9/h4-5,13H,6H2,1-3H3. The molecule has 0 saturated carbocycles. The van der Waals surface area contributed by atoms with Gasteiger partial charge in [-0.15, -0.1) is 21.5 Å². The van der Waals surface area contributed by atoms with E-state index in [2.05, 4.69) is 52.2 Å². The van der Waals surface area contributed by atoms with E-state index in [1.807, 2.05) is 11.4 Å².